The third kappa shape index (κ3) is 4.54. The first kappa shape index (κ1) is 17.0. The number of nitrogens with one attached hydrogen (secondary N) is 1. The average Bonchev–Trinajstić information content (AvgIpc) is 2.76. The molecule has 1 N–H and O–H groups in total. The lowest BCUT2D eigenvalue weighted by Crippen LogP contribution is -2.28. The summed E-state index contributed by atoms with van der Waals surface area (Å²) in [7, 11) is 1.74. The number of hydrogen-bond donors (Lipinski definition) is 1. The SMILES string of the molecule is Cc1cc(CC(=O)NCCc2ncccc2C(F)(F)F)n(C)n1. The Balaban J connectivity index is 1.90. The number of carbonyl (C=O) groups excluding carboxylic acids is 1. The van der Waals surface area contributed by atoms with E-state index >= 15 is 0 Å². The second kappa shape index (κ2) is 6.80. The van der Waals surface area contributed by atoms with E-state index in [0.717, 1.165) is 17.5 Å². The summed E-state index contributed by atoms with van der Waals surface area (Å²) < 4.78 is 40.1. The number of amides is 1. The molecule has 0 bridgehead atoms. The van der Waals surface area contributed by atoms with E-state index < -0.39 is 11.7 Å². The van der Waals surface area contributed by atoms with Crippen LogP contribution in [0, 0.1) is 6.92 Å². The highest BCUT2D eigenvalue weighted by Crippen LogP contribution is 2.30. The Kier molecular flexibility index (Phi) is 5.02. The van der Waals surface area contributed by atoms with Gasteiger partial charge in [0.2, 0.25) is 5.91 Å². The third-order valence-electron chi connectivity index (χ3n) is 3.32. The summed E-state index contributed by atoms with van der Waals surface area (Å²) in [6.45, 7) is 1.91. The van der Waals surface area contributed by atoms with Crippen LogP contribution in [0.5, 0.6) is 0 Å². The Bertz CT molecular complexity index is 694. The Morgan fingerprint density at radius 2 is 2.13 bits per heavy atom. The fourth-order valence-electron chi connectivity index (χ4n) is 2.27. The van der Waals surface area contributed by atoms with E-state index in [2.05, 4.69) is 15.4 Å². The first-order valence-electron chi connectivity index (χ1n) is 7.04. The molecular formula is C15H17F3N4O. The third-order valence-corrected chi connectivity index (χ3v) is 3.32. The Morgan fingerprint density at radius 3 is 2.74 bits per heavy atom. The molecule has 0 aromatic carbocycles. The van der Waals surface area contributed by atoms with Crippen molar-refractivity contribution >= 4 is 5.91 Å². The van der Waals surface area contributed by atoms with E-state index in [1.807, 2.05) is 6.92 Å². The van der Waals surface area contributed by atoms with Crippen LogP contribution in [-0.4, -0.2) is 27.2 Å². The molecule has 0 aliphatic carbocycles. The molecule has 0 atom stereocenters. The van der Waals surface area contributed by atoms with Crippen molar-refractivity contribution in [3.8, 4) is 0 Å². The van der Waals surface area contributed by atoms with Gasteiger partial charge in [0.25, 0.3) is 0 Å². The molecule has 2 heterocycles. The first-order chi connectivity index (χ1) is 10.8. The molecule has 2 rings (SSSR count). The average molecular weight is 326 g/mol. The van der Waals surface area contributed by atoms with Gasteiger partial charge < -0.3 is 5.32 Å². The lowest BCUT2D eigenvalue weighted by Gasteiger charge is -2.11. The summed E-state index contributed by atoms with van der Waals surface area (Å²) in [6.07, 6.45) is -2.98. The van der Waals surface area contributed by atoms with Crippen LogP contribution in [0.3, 0.4) is 0 Å². The van der Waals surface area contributed by atoms with Crippen LogP contribution in [-0.2, 0) is 30.9 Å². The number of hydrogen-bond acceptors (Lipinski definition) is 3. The summed E-state index contributed by atoms with van der Waals surface area (Å²) in [6, 6.07) is 4.03. The summed E-state index contributed by atoms with van der Waals surface area (Å²) >= 11 is 0. The number of halogens is 3. The van der Waals surface area contributed by atoms with Gasteiger partial charge in [-0.3, -0.25) is 14.5 Å². The van der Waals surface area contributed by atoms with Crippen molar-refractivity contribution in [1.29, 1.82) is 0 Å². The van der Waals surface area contributed by atoms with Crippen molar-refractivity contribution in [2.75, 3.05) is 6.54 Å². The van der Waals surface area contributed by atoms with Gasteiger partial charge in [0.15, 0.2) is 0 Å². The highest BCUT2D eigenvalue weighted by molar-refractivity contribution is 5.78. The van der Waals surface area contributed by atoms with Crippen LogP contribution in [0.25, 0.3) is 0 Å². The van der Waals surface area contributed by atoms with Crippen molar-refractivity contribution in [2.45, 2.75) is 25.9 Å². The predicted octanol–water partition coefficient (Wildman–Crippen LogP) is 2.04. The number of aromatic nitrogens is 3. The number of nitrogens with zero attached hydrogens (tertiary/aromatic N) is 3. The molecule has 2 aromatic heterocycles. The predicted molar refractivity (Wildman–Crippen MR) is 77.6 cm³/mol. The molecule has 0 aliphatic rings. The highest BCUT2D eigenvalue weighted by Gasteiger charge is 2.33. The van der Waals surface area contributed by atoms with Crippen LogP contribution in [0.4, 0.5) is 13.2 Å². The number of rotatable bonds is 5. The number of aryl methyl sites for hydroxylation is 2. The van der Waals surface area contributed by atoms with Gasteiger partial charge in [-0.1, -0.05) is 0 Å². The lowest BCUT2D eigenvalue weighted by molar-refractivity contribution is -0.138. The van der Waals surface area contributed by atoms with E-state index in [4.69, 9.17) is 0 Å². The van der Waals surface area contributed by atoms with Crippen LogP contribution in [0.1, 0.15) is 22.6 Å². The molecule has 2 aromatic rings. The van der Waals surface area contributed by atoms with Crippen LogP contribution in [0.15, 0.2) is 24.4 Å². The Morgan fingerprint density at radius 1 is 1.39 bits per heavy atom. The molecule has 0 saturated carbocycles. The van der Waals surface area contributed by atoms with Gasteiger partial charge in [0, 0.05) is 31.9 Å². The summed E-state index contributed by atoms with van der Waals surface area (Å²) in [5.41, 5.74) is 0.709. The molecule has 5 nitrogen and oxygen atoms in total. The second-order valence-corrected chi connectivity index (χ2v) is 5.17. The molecule has 0 unspecified atom stereocenters. The Labute approximate surface area is 131 Å². The minimum absolute atomic E-state index is 0.0197. The largest absolute Gasteiger partial charge is 0.418 e. The van der Waals surface area contributed by atoms with Crippen molar-refractivity contribution in [2.24, 2.45) is 7.05 Å². The summed E-state index contributed by atoms with van der Waals surface area (Å²) in [5.74, 6) is -0.266. The maximum absolute atomic E-state index is 12.8. The van der Waals surface area contributed by atoms with Crippen LogP contribution >= 0.6 is 0 Å². The molecule has 124 valence electrons. The molecule has 0 aliphatic heterocycles. The molecule has 23 heavy (non-hydrogen) atoms. The maximum Gasteiger partial charge on any atom is 0.418 e. The summed E-state index contributed by atoms with van der Waals surface area (Å²) in [5, 5.41) is 6.74. The molecule has 0 spiro atoms. The molecule has 0 saturated heterocycles. The summed E-state index contributed by atoms with van der Waals surface area (Å²) in [4.78, 5) is 15.6. The highest BCUT2D eigenvalue weighted by atomic mass is 19.4. The van der Waals surface area contributed by atoms with Crippen LogP contribution < -0.4 is 5.32 Å². The van der Waals surface area contributed by atoms with E-state index in [1.165, 1.54) is 12.3 Å². The fourth-order valence-corrected chi connectivity index (χ4v) is 2.27. The maximum atomic E-state index is 12.8. The Hall–Kier alpha value is -2.38. The van der Waals surface area contributed by atoms with E-state index in [1.54, 1.807) is 17.8 Å². The van der Waals surface area contributed by atoms with Crippen LogP contribution in [0.2, 0.25) is 0 Å². The smallest absolute Gasteiger partial charge is 0.355 e. The molecule has 8 heteroatoms. The quantitative estimate of drug-likeness (QED) is 0.915. The number of carbonyl (C=O) groups is 1. The van der Waals surface area contributed by atoms with E-state index in [9.17, 15) is 18.0 Å². The van der Waals surface area contributed by atoms with E-state index in [-0.39, 0.29) is 31.0 Å². The molecular weight excluding hydrogens is 309 g/mol. The minimum atomic E-state index is -4.44. The van der Waals surface area contributed by atoms with E-state index in [0.29, 0.717) is 0 Å². The van der Waals surface area contributed by atoms with Crippen molar-refractivity contribution in [3.05, 3.63) is 47.0 Å². The normalized spacial score (nSPS) is 11.5. The van der Waals surface area contributed by atoms with Gasteiger partial charge in [0.1, 0.15) is 0 Å². The molecule has 0 fully saturated rings. The fraction of sp³-hybridized carbons (Fsp3) is 0.400. The van der Waals surface area contributed by atoms with Crippen molar-refractivity contribution in [1.82, 2.24) is 20.1 Å². The lowest BCUT2D eigenvalue weighted by atomic mass is 10.1. The monoisotopic (exact) mass is 326 g/mol. The van der Waals surface area contributed by atoms with Gasteiger partial charge in [-0.2, -0.15) is 18.3 Å². The van der Waals surface area contributed by atoms with Gasteiger partial charge in [0.05, 0.1) is 23.4 Å². The van der Waals surface area contributed by atoms with Gasteiger partial charge in [-0.05, 0) is 25.1 Å². The first-order valence-corrected chi connectivity index (χ1v) is 7.04. The van der Waals surface area contributed by atoms with Crippen molar-refractivity contribution in [3.63, 3.8) is 0 Å². The number of pyridine rings is 1. The van der Waals surface area contributed by atoms with Gasteiger partial charge >= 0.3 is 6.18 Å². The topological polar surface area (TPSA) is 59.8 Å². The standard InChI is InChI=1S/C15H17F3N4O/c1-10-8-11(22(2)21-10)9-14(23)20-7-5-13-12(15(16,17)18)4-3-6-19-13/h3-4,6,8H,5,7,9H2,1-2H3,(H,20,23). The van der Waals surface area contributed by atoms with Gasteiger partial charge in [-0.15, -0.1) is 0 Å². The zero-order valence-electron chi connectivity index (χ0n) is 12.8. The minimum Gasteiger partial charge on any atom is -0.355 e. The van der Waals surface area contributed by atoms with Crippen molar-refractivity contribution < 1.29 is 18.0 Å². The number of alkyl halides is 3. The molecule has 0 radical (unpaired) electrons. The zero-order valence-corrected chi connectivity index (χ0v) is 12.8. The zero-order chi connectivity index (χ0) is 17.0. The van der Waals surface area contributed by atoms with Gasteiger partial charge in [-0.25, -0.2) is 0 Å². The molecule has 1 amide bonds. The second-order valence-electron chi connectivity index (χ2n) is 5.17.